The van der Waals surface area contributed by atoms with Crippen LogP contribution in [0.25, 0.3) is 11.8 Å². The quantitative estimate of drug-likeness (QED) is 0.503. The van der Waals surface area contributed by atoms with Gasteiger partial charge in [-0.15, -0.1) is 11.3 Å². The second-order valence-electron chi connectivity index (χ2n) is 8.44. The number of aromatic nitrogens is 2. The molecule has 33 heavy (non-hydrogen) atoms. The first kappa shape index (κ1) is 23.4. The van der Waals surface area contributed by atoms with Crippen LogP contribution in [-0.4, -0.2) is 51.0 Å². The molecule has 1 aliphatic carbocycles. The number of rotatable bonds is 9. The molecule has 1 atom stereocenters. The maximum Gasteiger partial charge on any atom is 0.258 e. The van der Waals surface area contributed by atoms with E-state index < -0.39 is 6.10 Å². The Bertz CT molecular complexity index is 1200. The number of allylic oxidation sites excluding steroid dienone is 1. The Morgan fingerprint density at radius 1 is 1.27 bits per heavy atom. The summed E-state index contributed by atoms with van der Waals surface area (Å²) in [7, 11) is 1.92. The minimum absolute atomic E-state index is 0.113. The lowest BCUT2D eigenvalue weighted by atomic mass is 9.93. The molecule has 1 aliphatic rings. The highest BCUT2D eigenvalue weighted by molar-refractivity contribution is 7.09. The number of hydrogen-bond donors (Lipinski definition) is 2. The summed E-state index contributed by atoms with van der Waals surface area (Å²) in [4.78, 5) is 19.1. The molecule has 8 heteroatoms. The lowest BCUT2D eigenvalue weighted by Gasteiger charge is -2.22. The van der Waals surface area contributed by atoms with Crippen LogP contribution in [0.5, 0.6) is 5.75 Å². The highest BCUT2D eigenvalue weighted by Crippen LogP contribution is 2.27. The van der Waals surface area contributed by atoms with Crippen LogP contribution in [0.4, 0.5) is 0 Å². The van der Waals surface area contributed by atoms with Crippen LogP contribution < -0.4 is 10.3 Å². The average Bonchev–Trinajstić information content (AvgIpc) is 3.22. The van der Waals surface area contributed by atoms with Gasteiger partial charge in [-0.05, 0) is 55.6 Å². The number of fused-ring (bicyclic) bond motifs is 1. The summed E-state index contributed by atoms with van der Waals surface area (Å²) >= 11 is 1.55. The van der Waals surface area contributed by atoms with E-state index in [9.17, 15) is 9.90 Å². The van der Waals surface area contributed by atoms with Crippen molar-refractivity contribution in [1.29, 1.82) is 0 Å². The molecule has 0 bridgehead atoms. The van der Waals surface area contributed by atoms with Crippen molar-refractivity contribution in [1.82, 2.24) is 14.5 Å². The molecule has 174 valence electrons. The molecule has 0 saturated carbocycles. The van der Waals surface area contributed by atoms with Crippen LogP contribution in [0.1, 0.15) is 33.8 Å². The number of likely N-dealkylation sites (N-methyl/N-ethyl adjacent to an activating group) is 1. The first-order valence-electron chi connectivity index (χ1n) is 11.0. The van der Waals surface area contributed by atoms with Gasteiger partial charge in [0.05, 0.1) is 12.7 Å². The summed E-state index contributed by atoms with van der Waals surface area (Å²) < 4.78 is 7.42. The Hall–Kier alpha value is -2.78. The van der Waals surface area contributed by atoms with Crippen molar-refractivity contribution in [3.05, 3.63) is 79.7 Å². The number of hydrogen-bond acceptors (Lipinski definition) is 7. The van der Waals surface area contributed by atoms with Crippen molar-refractivity contribution < 1.29 is 14.9 Å². The molecule has 2 aromatic heterocycles. The van der Waals surface area contributed by atoms with Crippen LogP contribution in [0.2, 0.25) is 0 Å². The average molecular weight is 468 g/mol. The van der Waals surface area contributed by atoms with Crippen LogP contribution >= 0.6 is 11.3 Å². The maximum atomic E-state index is 12.7. The Kier molecular flexibility index (Phi) is 7.39. The van der Waals surface area contributed by atoms with Crippen molar-refractivity contribution in [2.24, 2.45) is 0 Å². The number of benzene rings is 1. The van der Waals surface area contributed by atoms with Crippen LogP contribution in [0.15, 0.2) is 46.7 Å². The van der Waals surface area contributed by atoms with Crippen molar-refractivity contribution in [2.45, 2.75) is 39.0 Å². The van der Waals surface area contributed by atoms with Gasteiger partial charge in [0.15, 0.2) is 0 Å². The third kappa shape index (κ3) is 5.97. The zero-order chi connectivity index (χ0) is 23.4. The molecule has 2 N–H and O–H groups in total. The van der Waals surface area contributed by atoms with Gasteiger partial charge in [0.2, 0.25) is 0 Å². The lowest BCUT2D eigenvalue weighted by Crippen LogP contribution is -2.31. The summed E-state index contributed by atoms with van der Waals surface area (Å²) in [5.41, 5.74) is 5.35. The van der Waals surface area contributed by atoms with E-state index in [-0.39, 0.29) is 12.2 Å². The molecule has 4 rings (SSSR count). The molecular weight excluding hydrogens is 438 g/mol. The molecule has 1 unspecified atom stereocenters. The summed E-state index contributed by atoms with van der Waals surface area (Å²) in [6, 6.07) is 9.68. The first-order chi connectivity index (χ1) is 15.9. The molecule has 7 nitrogen and oxygen atoms in total. The SMILES string of the molecule is Cc1csc(COc2ccn(C3=Cc4ccc(CN(C)CC(O)CO)cc4CC3)c(=O)c2)n1. The van der Waals surface area contributed by atoms with E-state index in [1.807, 2.05) is 30.3 Å². The number of aliphatic hydroxyl groups is 2. The van der Waals surface area contributed by atoms with Crippen LogP contribution in [-0.2, 0) is 19.6 Å². The van der Waals surface area contributed by atoms with Crippen LogP contribution in [0, 0.1) is 6.92 Å². The fourth-order valence-corrected chi connectivity index (χ4v) is 4.70. The van der Waals surface area contributed by atoms with Crippen molar-refractivity contribution >= 4 is 23.1 Å². The molecule has 0 fully saturated rings. The molecule has 2 heterocycles. The Labute approximate surface area is 197 Å². The Morgan fingerprint density at radius 3 is 2.85 bits per heavy atom. The predicted octanol–water partition coefficient (Wildman–Crippen LogP) is 2.92. The number of nitrogens with zero attached hydrogens (tertiary/aromatic N) is 3. The molecule has 0 spiro atoms. The van der Waals surface area contributed by atoms with Gasteiger partial charge in [-0.2, -0.15) is 0 Å². The second-order valence-corrected chi connectivity index (χ2v) is 9.39. The van der Waals surface area contributed by atoms with Gasteiger partial charge >= 0.3 is 0 Å². The zero-order valence-electron chi connectivity index (χ0n) is 18.9. The molecule has 0 aliphatic heterocycles. The van der Waals surface area contributed by atoms with Crippen molar-refractivity contribution in [3.63, 3.8) is 0 Å². The summed E-state index contributed by atoms with van der Waals surface area (Å²) in [6.45, 7) is 3.18. The van der Waals surface area contributed by atoms with Gasteiger partial charge in [0, 0.05) is 42.1 Å². The lowest BCUT2D eigenvalue weighted by molar-refractivity contribution is 0.0648. The highest BCUT2D eigenvalue weighted by Gasteiger charge is 2.15. The molecular formula is C25H29N3O4S. The van der Waals surface area contributed by atoms with E-state index in [4.69, 9.17) is 9.84 Å². The van der Waals surface area contributed by atoms with Gasteiger partial charge in [0.1, 0.15) is 17.4 Å². The van der Waals surface area contributed by atoms with Gasteiger partial charge < -0.3 is 14.9 Å². The van der Waals surface area contributed by atoms with Gasteiger partial charge in [-0.3, -0.25) is 14.3 Å². The number of thiazole rings is 1. The summed E-state index contributed by atoms with van der Waals surface area (Å²) in [6.07, 6.45) is 4.74. The first-order valence-corrected chi connectivity index (χ1v) is 11.9. The molecule has 3 aromatic rings. The normalized spacial score (nSPS) is 14.2. The van der Waals surface area contributed by atoms with E-state index >= 15 is 0 Å². The van der Waals surface area contributed by atoms with E-state index in [1.165, 1.54) is 11.6 Å². The van der Waals surface area contributed by atoms with Gasteiger partial charge in [-0.1, -0.05) is 18.2 Å². The van der Waals surface area contributed by atoms with Gasteiger partial charge in [0.25, 0.3) is 5.56 Å². The fraction of sp³-hybridized carbons (Fsp3) is 0.360. The predicted molar refractivity (Wildman–Crippen MR) is 130 cm³/mol. The number of aliphatic hydroxyl groups excluding tert-OH is 2. The third-order valence-corrected chi connectivity index (χ3v) is 6.54. The van der Waals surface area contributed by atoms with E-state index in [0.717, 1.165) is 40.4 Å². The molecule has 1 aromatic carbocycles. The second kappa shape index (κ2) is 10.4. The number of aryl methyl sites for hydroxylation is 2. The minimum Gasteiger partial charge on any atom is -0.486 e. The molecule has 0 radical (unpaired) electrons. The number of ether oxygens (including phenoxy) is 1. The highest BCUT2D eigenvalue weighted by atomic mass is 32.1. The standard InChI is InChI=1S/C25H29N3O4S/c1-17-16-33-24(26-17)15-32-23-7-8-28(25(31)11-23)21-6-5-19-9-18(3-4-20(19)10-21)12-27(2)13-22(30)14-29/h3-4,7-11,16,22,29-30H,5-6,12-15H2,1-2H3. The zero-order valence-corrected chi connectivity index (χ0v) is 19.7. The summed E-state index contributed by atoms with van der Waals surface area (Å²) in [5.74, 6) is 0.543. The van der Waals surface area contributed by atoms with Crippen molar-refractivity contribution in [3.8, 4) is 5.75 Å². The number of pyridine rings is 1. The van der Waals surface area contributed by atoms with E-state index in [2.05, 4.69) is 29.3 Å². The van der Waals surface area contributed by atoms with E-state index in [1.54, 1.807) is 22.1 Å². The summed E-state index contributed by atoms with van der Waals surface area (Å²) in [5, 5.41) is 21.5. The largest absolute Gasteiger partial charge is 0.486 e. The smallest absolute Gasteiger partial charge is 0.258 e. The topological polar surface area (TPSA) is 87.8 Å². The van der Waals surface area contributed by atoms with Crippen molar-refractivity contribution in [2.75, 3.05) is 20.2 Å². The van der Waals surface area contributed by atoms with Crippen LogP contribution in [0.3, 0.4) is 0 Å². The Balaban J connectivity index is 1.44. The minimum atomic E-state index is -0.732. The monoisotopic (exact) mass is 467 g/mol. The third-order valence-electron chi connectivity index (χ3n) is 5.59. The molecule has 0 saturated heterocycles. The van der Waals surface area contributed by atoms with E-state index in [0.29, 0.717) is 25.4 Å². The Morgan fingerprint density at radius 2 is 2.12 bits per heavy atom. The fourth-order valence-electron chi connectivity index (χ4n) is 4.01. The molecule has 0 amide bonds. The van der Waals surface area contributed by atoms with Gasteiger partial charge in [-0.25, -0.2) is 4.98 Å². The maximum absolute atomic E-state index is 12.7.